The Hall–Kier alpha value is -4.38. The molecule has 0 saturated heterocycles. The highest BCUT2D eigenvalue weighted by atomic mass is 35.5. The van der Waals surface area contributed by atoms with Crippen molar-refractivity contribution in [2.45, 2.75) is 20.8 Å². The number of hydrogen-bond donors (Lipinski definition) is 4. The van der Waals surface area contributed by atoms with E-state index >= 15 is 0 Å². The molecule has 10 nitrogen and oxygen atoms in total. The number of nitrogens with zero attached hydrogens (tertiary/aromatic N) is 2. The van der Waals surface area contributed by atoms with Crippen LogP contribution in [0, 0.1) is 41.0 Å². The Morgan fingerprint density at radius 3 is 1.41 bits per heavy atom. The quantitative estimate of drug-likeness (QED) is 0.0879. The van der Waals surface area contributed by atoms with Gasteiger partial charge >= 0.3 is 0 Å². The predicted octanol–water partition coefficient (Wildman–Crippen LogP) is 6.91. The van der Waals surface area contributed by atoms with Crippen LogP contribution in [-0.2, 0) is 0 Å². The number of nitrogens with two attached hydrogens (primary N) is 2. The zero-order valence-electron chi connectivity index (χ0n) is 21.7. The monoisotopic (exact) mass is 577 g/mol. The van der Waals surface area contributed by atoms with Crippen molar-refractivity contribution in [2.75, 3.05) is 11.2 Å². The van der Waals surface area contributed by atoms with Crippen molar-refractivity contribution < 1.29 is 15.0 Å². The molecule has 12 heteroatoms. The van der Waals surface area contributed by atoms with Crippen LogP contribution in [0.2, 0.25) is 0 Å². The van der Waals surface area contributed by atoms with Gasteiger partial charge in [0, 0.05) is 29.6 Å². The highest BCUT2D eigenvalue weighted by Gasteiger charge is 2.03. The van der Waals surface area contributed by atoms with Crippen LogP contribution in [0.5, 0.6) is 5.75 Å². The number of aromatic hydroxyl groups is 1. The SMILES string of the molecule is Cc1cccc(N)c1.Cc1cccc(NN)c1.Cc1cccc([N+](=O)[O-])c1.Cl.Cl.O=[N+]([O-])c1cccc(O)c1. The maximum absolute atomic E-state index is 10.2. The molecule has 4 aromatic rings. The first kappa shape index (κ1) is 36.8. The number of anilines is 2. The lowest BCUT2D eigenvalue weighted by molar-refractivity contribution is -0.385. The third kappa shape index (κ3) is 16.2. The molecule has 0 aliphatic rings. The van der Waals surface area contributed by atoms with Gasteiger partial charge < -0.3 is 16.3 Å². The summed E-state index contributed by atoms with van der Waals surface area (Å²) in [6.45, 7) is 5.88. The van der Waals surface area contributed by atoms with E-state index < -0.39 is 9.85 Å². The molecule has 0 aliphatic heterocycles. The number of phenolic OH excluding ortho intramolecular Hbond substituents is 1. The van der Waals surface area contributed by atoms with Gasteiger partial charge in [-0.2, -0.15) is 0 Å². The zero-order valence-corrected chi connectivity index (χ0v) is 23.3. The van der Waals surface area contributed by atoms with Gasteiger partial charge in [-0.05, 0) is 67.8 Å². The van der Waals surface area contributed by atoms with Crippen LogP contribution in [0.4, 0.5) is 22.7 Å². The first-order valence-electron chi connectivity index (χ1n) is 11.0. The van der Waals surface area contributed by atoms with E-state index in [2.05, 4.69) is 5.43 Å². The summed E-state index contributed by atoms with van der Waals surface area (Å²) in [5.41, 5.74) is 13.2. The van der Waals surface area contributed by atoms with Gasteiger partial charge in [0.25, 0.3) is 11.4 Å². The Bertz CT molecular complexity index is 1240. The summed E-state index contributed by atoms with van der Waals surface area (Å²) in [5.74, 6) is 5.08. The fourth-order valence-corrected chi connectivity index (χ4v) is 2.75. The molecule has 0 atom stereocenters. The number of phenols is 1. The third-order valence-electron chi connectivity index (χ3n) is 4.48. The molecular weight excluding hydrogens is 545 g/mol. The van der Waals surface area contributed by atoms with E-state index in [-0.39, 0.29) is 41.9 Å². The minimum atomic E-state index is -0.556. The molecule has 0 saturated carbocycles. The highest BCUT2D eigenvalue weighted by Crippen LogP contribution is 2.16. The summed E-state index contributed by atoms with van der Waals surface area (Å²) in [7, 11) is 0. The number of nitrogen functional groups attached to an aromatic ring is 2. The molecule has 0 aromatic heterocycles. The van der Waals surface area contributed by atoms with E-state index in [1.807, 2.05) is 75.4 Å². The summed E-state index contributed by atoms with van der Waals surface area (Å²) in [5, 5.41) is 29.0. The van der Waals surface area contributed by atoms with Gasteiger partial charge in [0.2, 0.25) is 0 Å². The molecule has 210 valence electrons. The van der Waals surface area contributed by atoms with Crippen LogP contribution in [0.15, 0.2) is 97.1 Å². The van der Waals surface area contributed by atoms with Crippen molar-refractivity contribution in [3.05, 3.63) is 134 Å². The maximum atomic E-state index is 10.2. The van der Waals surface area contributed by atoms with E-state index in [0.29, 0.717) is 0 Å². The summed E-state index contributed by atoms with van der Waals surface area (Å²) < 4.78 is 0. The minimum absolute atomic E-state index is 0. The Morgan fingerprint density at radius 1 is 0.667 bits per heavy atom. The lowest BCUT2D eigenvalue weighted by atomic mass is 10.2. The fraction of sp³-hybridized carbons (Fsp3) is 0.111. The van der Waals surface area contributed by atoms with Crippen LogP contribution in [0.25, 0.3) is 0 Å². The Labute approximate surface area is 239 Å². The molecule has 0 unspecified atom stereocenters. The molecule has 0 bridgehead atoms. The molecule has 4 aromatic carbocycles. The minimum Gasteiger partial charge on any atom is -0.508 e. The highest BCUT2D eigenvalue weighted by molar-refractivity contribution is 5.85. The van der Waals surface area contributed by atoms with Crippen molar-refractivity contribution in [1.82, 2.24) is 0 Å². The van der Waals surface area contributed by atoms with Crippen LogP contribution < -0.4 is 17.0 Å². The van der Waals surface area contributed by atoms with Gasteiger partial charge in [-0.3, -0.25) is 26.1 Å². The van der Waals surface area contributed by atoms with Gasteiger partial charge in [-0.1, -0.05) is 42.5 Å². The Kier molecular flexibility index (Phi) is 18.6. The molecule has 0 aliphatic carbocycles. The Balaban J connectivity index is 0. The fourth-order valence-electron chi connectivity index (χ4n) is 2.75. The molecule has 0 heterocycles. The largest absolute Gasteiger partial charge is 0.508 e. The van der Waals surface area contributed by atoms with E-state index in [9.17, 15) is 20.2 Å². The number of aryl methyl sites for hydroxylation is 3. The first-order chi connectivity index (χ1) is 17.5. The number of halogens is 2. The molecule has 39 heavy (non-hydrogen) atoms. The second-order valence-corrected chi connectivity index (χ2v) is 7.80. The number of non-ortho nitro benzene ring substituents is 2. The third-order valence-corrected chi connectivity index (χ3v) is 4.48. The number of nitro benzene ring substituents is 2. The normalized spacial score (nSPS) is 8.72. The van der Waals surface area contributed by atoms with E-state index in [1.165, 1.54) is 35.4 Å². The van der Waals surface area contributed by atoms with Crippen LogP contribution in [0.3, 0.4) is 0 Å². The van der Waals surface area contributed by atoms with Crippen molar-refractivity contribution in [2.24, 2.45) is 5.84 Å². The predicted molar refractivity (Wildman–Crippen MR) is 162 cm³/mol. The number of benzene rings is 4. The molecular formula is C27H33Cl2N5O5. The average Bonchev–Trinajstić information content (AvgIpc) is 2.85. The van der Waals surface area contributed by atoms with Gasteiger partial charge in [0.05, 0.1) is 15.9 Å². The molecule has 4 rings (SSSR count). The van der Waals surface area contributed by atoms with E-state index in [0.717, 1.165) is 23.0 Å². The van der Waals surface area contributed by atoms with Gasteiger partial charge in [0.1, 0.15) is 5.75 Å². The summed E-state index contributed by atoms with van der Waals surface area (Å²) in [6.07, 6.45) is 0. The number of nitrogens with one attached hydrogen (secondary N) is 1. The van der Waals surface area contributed by atoms with Gasteiger partial charge in [0.15, 0.2) is 0 Å². The van der Waals surface area contributed by atoms with Crippen LogP contribution in [0.1, 0.15) is 16.7 Å². The number of hydrogen-bond acceptors (Lipinski definition) is 8. The number of rotatable bonds is 3. The lowest BCUT2D eigenvalue weighted by Gasteiger charge is -1.98. The molecule has 0 fully saturated rings. The average molecular weight is 578 g/mol. The number of hydrazine groups is 1. The van der Waals surface area contributed by atoms with Gasteiger partial charge in [-0.25, -0.2) is 0 Å². The maximum Gasteiger partial charge on any atom is 0.273 e. The van der Waals surface area contributed by atoms with Gasteiger partial charge in [-0.15, -0.1) is 24.8 Å². The lowest BCUT2D eigenvalue weighted by Crippen LogP contribution is -2.06. The summed E-state index contributed by atoms with van der Waals surface area (Å²) >= 11 is 0. The van der Waals surface area contributed by atoms with E-state index in [4.69, 9.17) is 16.7 Å². The van der Waals surface area contributed by atoms with Crippen molar-refractivity contribution in [3.63, 3.8) is 0 Å². The topological polar surface area (TPSA) is 171 Å². The first-order valence-corrected chi connectivity index (χ1v) is 11.0. The van der Waals surface area contributed by atoms with Crippen LogP contribution >= 0.6 is 24.8 Å². The van der Waals surface area contributed by atoms with Crippen molar-refractivity contribution >= 4 is 47.6 Å². The van der Waals surface area contributed by atoms with Crippen molar-refractivity contribution in [3.8, 4) is 5.75 Å². The molecule has 0 amide bonds. The number of nitro groups is 2. The molecule has 0 spiro atoms. The second kappa shape index (κ2) is 19.7. The Morgan fingerprint density at radius 2 is 1.10 bits per heavy atom. The standard InChI is InChI=1S/C7H10N2.C7H7NO2.C7H9N.C6H5NO3.2ClH/c1-6-3-2-4-7(5-6)9-8;1-6-3-2-4-7(5-6)8(9)10;1-6-3-2-4-7(8)5-6;8-6-3-1-2-5(4-6)7(9)10;;/h2-5,9H,8H2,1H3;2-5H,1H3;2-5H,8H2,1H3;1-4,8H;2*1H. The van der Waals surface area contributed by atoms with Crippen LogP contribution in [-0.4, -0.2) is 15.0 Å². The molecule has 6 N–H and O–H groups in total. The van der Waals surface area contributed by atoms with E-state index in [1.54, 1.807) is 12.1 Å². The summed E-state index contributed by atoms with van der Waals surface area (Å²) in [6, 6.07) is 27.4. The van der Waals surface area contributed by atoms with Crippen molar-refractivity contribution in [1.29, 1.82) is 0 Å². The smallest absolute Gasteiger partial charge is 0.273 e. The second-order valence-electron chi connectivity index (χ2n) is 7.80. The molecule has 0 radical (unpaired) electrons. The summed E-state index contributed by atoms with van der Waals surface area (Å²) in [4.78, 5) is 19.3. The zero-order chi connectivity index (χ0) is 27.8.